The van der Waals surface area contributed by atoms with Crippen molar-refractivity contribution in [3.05, 3.63) is 41.6 Å². The molecular weight excluding hydrogens is 336 g/mol. The van der Waals surface area contributed by atoms with Crippen molar-refractivity contribution in [1.82, 2.24) is 9.78 Å². The van der Waals surface area contributed by atoms with Crippen molar-refractivity contribution in [2.75, 3.05) is 18.5 Å². The van der Waals surface area contributed by atoms with Crippen molar-refractivity contribution in [2.24, 2.45) is 0 Å². The van der Waals surface area contributed by atoms with Crippen molar-refractivity contribution < 1.29 is 27.8 Å². The monoisotopic (exact) mass is 353 g/mol. The van der Waals surface area contributed by atoms with Crippen LogP contribution in [0.15, 0.2) is 24.3 Å². The summed E-state index contributed by atoms with van der Waals surface area (Å²) in [5.74, 6) is -2.70. The SMILES string of the molecule is CCOC(=O)Cn1nc(C)cc1NC(=O)COc1ccc(F)cc1F. The maximum absolute atomic E-state index is 13.4. The van der Waals surface area contributed by atoms with Crippen LogP contribution in [0.2, 0.25) is 0 Å². The van der Waals surface area contributed by atoms with E-state index in [0.717, 1.165) is 12.1 Å². The maximum Gasteiger partial charge on any atom is 0.327 e. The molecule has 0 saturated carbocycles. The van der Waals surface area contributed by atoms with Crippen LogP contribution in [0.1, 0.15) is 12.6 Å². The third-order valence-electron chi connectivity index (χ3n) is 3.01. The smallest absolute Gasteiger partial charge is 0.327 e. The van der Waals surface area contributed by atoms with Crippen molar-refractivity contribution in [3.8, 4) is 5.75 Å². The summed E-state index contributed by atoms with van der Waals surface area (Å²) in [4.78, 5) is 23.5. The van der Waals surface area contributed by atoms with E-state index in [2.05, 4.69) is 10.4 Å². The molecule has 0 aliphatic rings. The van der Waals surface area contributed by atoms with E-state index in [1.165, 1.54) is 4.68 Å². The second-order valence-corrected chi connectivity index (χ2v) is 5.05. The van der Waals surface area contributed by atoms with Crippen LogP contribution in [0.25, 0.3) is 0 Å². The first-order valence-corrected chi connectivity index (χ1v) is 7.46. The number of carbonyl (C=O) groups excluding carboxylic acids is 2. The van der Waals surface area contributed by atoms with E-state index in [4.69, 9.17) is 9.47 Å². The Bertz CT molecular complexity index is 777. The molecule has 1 amide bonds. The zero-order valence-electron chi connectivity index (χ0n) is 13.7. The van der Waals surface area contributed by atoms with E-state index in [-0.39, 0.29) is 24.7 Å². The van der Waals surface area contributed by atoms with Gasteiger partial charge in [0.25, 0.3) is 5.91 Å². The maximum atomic E-state index is 13.4. The molecule has 0 aliphatic carbocycles. The fourth-order valence-corrected chi connectivity index (χ4v) is 2.01. The number of esters is 1. The summed E-state index contributed by atoms with van der Waals surface area (Å²) in [6, 6.07) is 4.34. The summed E-state index contributed by atoms with van der Waals surface area (Å²) in [6.07, 6.45) is 0. The summed E-state index contributed by atoms with van der Waals surface area (Å²) in [5.41, 5.74) is 0.588. The first kappa shape index (κ1) is 18.4. The highest BCUT2D eigenvalue weighted by atomic mass is 19.1. The Balaban J connectivity index is 1.97. The van der Waals surface area contributed by atoms with Gasteiger partial charge < -0.3 is 14.8 Å². The van der Waals surface area contributed by atoms with Gasteiger partial charge >= 0.3 is 5.97 Å². The Morgan fingerprint density at radius 2 is 2.04 bits per heavy atom. The summed E-state index contributed by atoms with van der Waals surface area (Å²) < 4.78 is 37.4. The van der Waals surface area contributed by atoms with Gasteiger partial charge in [-0.2, -0.15) is 5.10 Å². The highest BCUT2D eigenvalue weighted by molar-refractivity contribution is 5.91. The number of anilines is 1. The number of ether oxygens (including phenoxy) is 2. The van der Waals surface area contributed by atoms with Gasteiger partial charge in [0.15, 0.2) is 18.2 Å². The van der Waals surface area contributed by atoms with Crippen molar-refractivity contribution >= 4 is 17.7 Å². The predicted molar refractivity (Wildman–Crippen MR) is 84.1 cm³/mol. The largest absolute Gasteiger partial charge is 0.481 e. The number of halogens is 2. The lowest BCUT2D eigenvalue weighted by Crippen LogP contribution is -2.24. The number of rotatable bonds is 7. The molecule has 0 atom stereocenters. The van der Waals surface area contributed by atoms with E-state index in [1.54, 1.807) is 19.9 Å². The molecule has 1 aromatic carbocycles. The van der Waals surface area contributed by atoms with Crippen LogP contribution >= 0.6 is 0 Å². The van der Waals surface area contributed by atoms with Gasteiger partial charge in [0.05, 0.1) is 12.3 Å². The van der Waals surface area contributed by atoms with Gasteiger partial charge in [-0.1, -0.05) is 0 Å². The normalized spacial score (nSPS) is 10.4. The Kier molecular flexibility index (Phi) is 6.04. The lowest BCUT2D eigenvalue weighted by Gasteiger charge is -2.10. The quantitative estimate of drug-likeness (QED) is 0.771. The number of aryl methyl sites for hydroxylation is 1. The van der Waals surface area contributed by atoms with Crippen LogP contribution in [0.4, 0.5) is 14.6 Å². The standard InChI is InChI=1S/C16H17F2N3O4/c1-3-24-16(23)8-21-14(6-10(2)20-21)19-15(22)9-25-13-5-4-11(17)7-12(13)18/h4-7H,3,8-9H2,1-2H3,(H,19,22). The minimum absolute atomic E-state index is 0.162. The molecule has 1 N–H and O–H groups in total. The van der Waals surface area contributed by atoms with E-state index < -0.39 is 30.1 Å². The Morgan fingerprint density at radius 1 is 1.28 bits per heavy atom. The molecule has 0 unspecified atom stereocenters. The molecule has 0 saturated heterocycles. The molecule has 2 aromatic rings. The van der Waals surface area contributed by atoms with Gasteiger partial charge in [-0.25, -0.2) is 13.5 Å². The number of benzene rings is 1. The molecule has 0 radical (unpaired) electrons. The van der Waals surface area contributed by atoms with Crippen molar-refractivity contribution in [1.29, 1.82) is 0 Å². The Hall–Kier alpha value is -2.97. The molecule has 0 bridgehead atoms. The van der Waals surface area contributed by atoms with E-state index >= 15 is 0 Å². The topological polar surface area (TPSA) is 82.5 Å². The molecule has 134 valence electrons. The van der Waals surface area contributed by atoms with Gasteiger partial charge in [-0.05, 0) is 26.0 Å². The fourth-order valence-electron chi connectivity index (χ4n) is 2.01. The lowest BCUT2D eigenvalue weighted by atomic mass is 10.3. The van der Waals surface area contributed by atoms with Gasteiger partial charge in [-0.3, -0.25) is 9.59 Å². The van der Waals surface area contributed by atoms with Crippen LogP contribution in [0.5, 0.6) is 5.75 Å². The molecule has 7 nitrogen and oxygen atoms in total. The van der Waals surface area contributed by atoms with E-state index in [0.29, 0.717) is 11.8 Å². The number of hydrogen-bond acceptors (Lipinski definition) is 5. The molecule has 25 heavy (non-hydrogen) atoms. The molecule has 1 heterocycles. The lowest BCUT2D eigenvalue weighted by molar-refractivity contribution is -0.144. The van der Waals surface area contributed by atoms with Crippen LogP contribution in [-0.2, 0) is 20.9 Å². The van der Waals surface area contributed by atoms with Crippen LogP contribution < -0.4 is 10.1 Å². The first-order chi connectivity index (χ1) is 11.9. The van der Waals surface area contributed by atoms with Gasteiger partial charge in [-0.15, -0.1) is 0 Å². The second-order valence-electron chi connectivity index (χ2n) is 5.05. The Labute approximate surface area is 142 Å². The number of hydrogen-bond donors (Lipinski definition) is 1. The van der Waals surface area contributed by atoms with Crippen molar-refractivity contribution in [3.63, 3.8) is 0 Å². The third kappa shape index (κ3) is 5.27. The second kappa shape index (κ2) is 8.22. The molecule has 0 fully saturated rings. The van der Waals surface area contributed by atoms with Gasteiger partial charge in [0.2, 0.25) is 0 Å². The number of nitrogens with zero attached hydrogens (tertiary/aromatic N) is 2. The molecule has 0 spiro atoms. The van der Waals surface area contributed by atoms with Crippen LogP contribution in [0.3, 0.4) is 0 Å². The number of nitrogens with one attached hydrogen (secondary N) is 1. The average molecular weight is 353 g/mol. The van der Waals surface area contributed by atoms with E-state index in [1.807, 2.05) is 0 Å². The third-order valence-corrected chi connectivity index (χ3v) is 3.01. The molecule has 2 rings (SSSR count). The minimum atomic E-state index is -0.906. The highest BCUT2D eigenvalue weighted by Gasteiger charge is 2.14. The molecule has 0 aliphatic heterocycles. The summed E-state index contributed by atoms with van der Waals surface area (Å²) in [6.45, 7) is 2.96. The fraction of sp³-hybridized carbons (Fsp3) is 0.312. The highest BCUT2D eigenvalue weighted by Crippen LogP contribution is 2.17. The summed E-state index contributed by atoms with van der Waals surface area (Å²) in [7, 11) is 0. The zero-order chi connectivity index (χ0) is 18.4. The number of carbonyl (C=O) groups is 2. The number of aromatic nitrogens is 2. The van der Waals surface area contributed by atoms with Gasteiger partial charge in [0.1, 0.15) is 18.2 Å². The molecule has 1 aromatic heterocycles. The van der Waals surface area contributed by atoms with E-state index in [9.17, 15) is 18.4 Å². The van der Waals surface area contributed by atoms with Gasteiger partial charge in [0, 0.05) is 12.1 Å². The summed E-state index contributed by atoms with van der Waals surface area (Å²) in [5, 5.41) is 6.60. The van der Waals surface area contributed by atoms with Crippen LogP contribution in [0, 0.1) is 18.6 Å². The minimum Gasteiger partial charge on any atom is -0.481 e. The number of amides is 1. The predicted octanol–water partition coefficient (Wildman–Crippen LogP) is 2.05. The molecular formula is C16H17F2N3O4. The summed E-state index contributed by atoms with van der Waals surface area (Å²) >= 11 is 0. The average Bonchev–Trinajstić information content (AvgIpc) is 2.85. The Morgan fingerprint density at radius 3 is 2.72 bits per heavy atom. The van der Waals surface area contributed by atoms with Crippen molar-refractivity contribution in [2.45, 2.75) is 20.4 Å². The van der Waals surface area contributed by atoms with Crippen LogP contribution in [-0.4, -0.2) is 34.9 Å². The zero-order valence-corrected chi connectivity index (χ0v) is 13.7. The first-order valence-electron chi connectivity index (χ1n) is 7.46. The molecule has 9 heteroatoms.